The molecule has 0 aliphatic heterocycles. The van der Waals surface area contributed by atoms with Gasteiger partial charge in [0.1, 0.15) is 10.2 Å². The molecule has 0 spiro atoms. The van der Waals surface area contributed by atoms with Crippen LogP contribution in [0, 0.1) is 0 Å². The van der Waals surface area contributed by atoms with Crippen LogP contribution in [0.5, 0.6) is 5.75 Å². The van der Waals surface area contributed by atoms with Gasteiger partial charge in [-0.15, -0.1) is 0 Å². The second-order valence-electron chi connectivity index (χ2n) is 5.09. The third-order valence-corrected chi connectivity index (χ3v) is 4.28. The van der Waals surface area contributed by atoms with E-state index < -0.39 is 0 Å². The Labute approximate surface area is 152 Å². The van der Waals surface area contributed by atoms with Crippen molar-refractivity contribution in [1.82, 2.24) is 10.2 Å². The third-order valence-electron chi connectivity index (χ3n) is 3.49. The number of methoxy groups -OCH3 is 1. The molecule has 6 nitrogen and oxygen atoms in total. The summed E-state index contributed by atoms with van der Waals surface area (Å²) < 4.78 is 5.55. The van der Waals surface area contributed by atoms with E-state index in [9.17, 15) is 4.79 Å². The van der Waals surface area contributed by atoms with Gasteiger partial charge in [0.15, 0.2) is 0 Å². The highest BCUT2D eigenvalue weighted by molar-refractivity contribution is 9.10. The molecule has 0 saturated carbocycles. The van der Waals surface area contributed by atoms with Crippen molar-refractivity contribution in [3.8, 4) is 5.75 Å². The normalized spacial score (nSPS) is 11.2. The quantitative estimate of drug-likeness (QED) is 0.509. The van der Waals surface area contributed by atoms with Crippen LogP contribution in [0.15, 0.2) is 75.2 Å². The van der Waals surface area contributed by atoms with Gasteiger partial charge in [0.05, 0.1) is 24.7 Å². The first-order valence-corrected chi connectivity index (χ1v) is 8.25. The largest absolute Gasteiger partial charge is 0.497 e. The molecule has 3 rings (SSSR count). The SMILES string of the molecule is COc1ccc(C(=NNc2cn[nH]c(=O)c2Br)c2ccccc2)cc1. The summed E-state index contributed by atoms with van der Waals surface area (Å²) in [4.78, 5) is 11.6. The van der Waals surface area contributed by atoms with E-state index in [0.29, 0.717) is 10.2 Å². The summed E-state index contributed by atoms with van der Waals surface area (Å²) in [5.74, 6) is 0.769. The Kier molecular flexibility index (Phi) is 5.25. The Morgan fingerprint density at radius 2 is 1.80 bits per heavy atom. The molecule has 0 saturated heterocycles. The van der Waals surface area contributed by atoms with Crippen LogP contribution in [0.1, 0.15) is 11.1 Å². The minimum atomic E-state index is -0.328. The Morgan fingerprint density at radius 3 is 2.48 bits per heavy atom. The summed E-state index contributed by atoms with van der Waals surface area (Å²) >= 11 is 3.23. The molecular formula is C18H15BrN4O2. The lowest BCUT2D eigenvalue weighted by Crippen LogP contribution is -2.12. The van der Waals surface area contributed by atoms with Gasteiger partial charge in [0, 0.05) is 11.1 Å². The van der Waals surface area contributed by atoms with Gasteiger partial charge in [-0.3, -0.25) is 10.2 Å². The molecule has 0 aliphatic rings. The van der Waals surface area contributed by atoms with Crippen molar-refractivity contribution in [3.05, 3.63) is 86.7 Å². The van der Waals surface area contributed by atoms with Crippen LogP contribution in [-0.4, -0.2) is 23.0 Å². The molecule has 1 aromatic heterocycles. The molecule has 0 aliphatic carbocycles. The second kappa shape index (κ2) is 7.76. The van der Waals surface area contributed by atoms with E-state index in [1.165, 1.54) is 6.20 Å². The van der Waals surface area contributed by atoms with Crippen LogP contribution < -0.4 is 15.7 Å². The predicted molar refractivity (Wildman–Crippen MR) is 101 cm³/mol. The molecular weight excluding hydrogens is 384 g/mol. The minimum absolute atomic E-state index is 0.328. The number of rotatable bonds is 5. The van der Waals surface area contributed by atoms with E-state index in [-0.39, 0.29) is 5.56 Å². The van der Waals surface area contributed by atoms with Gasteiger partial charge in [0.2, 0.25) is 0 Å². The van der Waals surface area contributed by atoms with Crippen molar-refractivity contribution in [1.29, 1.82) is 0 Å². The number of hydrogen-bond acceptors (Lipinski definition) is 5. The lowest BCUT2D eigenvalue weighted by atomic mass is 10.0. The fraction of sp³-hybridized carbons (Fsp3) is 0.0556. The Bertz CT molecular complexity index is 937. The van der Waals surface area contributed by atoms with E-state index in [0.717, 1.165) is 22.6 Å². The number of nitrogens with zero attached hydrogens (tertiary/aromatic N) is 2. The zero-order valence-corrected chi connectivity index (χ0v) is 14.9. The first kappa shape index (κ1) is 16.9. The summed E-state index contributed by atoms with van der Waals surface area (Å²) in [6.45, 7) is 0. The van der Waals surface area contributed by atoms with Crippen molar-refractivity contribution < 1.29 is 4.74 Å². The number of nitrogens with one attached hydrogen (secondary N) is 2. The van der Waals surface area contributed by atoms with Crippen molar-refractivity contribution in [2.75, 3.05) is 12.5 Å². The molecule has 0 amide bonds. The maximum atomic E-state index is 11.6. The molecule has 1 heterocycles. The van der Waals surface area contributed by atoms with Crippen LogP contribution in [0.2, 0.25) is 0 Å². The summed E-state index contributed by atoms with van der Waals surface area (Å²) in [6.07, 6.45) is 1.49. The van der Waals surface area contributed by atoms with E-state index in [4.69, 9.17) is 4.74 Å². The number of hydrazone groups is 1. The molecule has 7 heteroatoms. The molecule has 0 atom stereocenters. The van der Waals surface area contributed by atoms with Crippen LogP contribution >= 0.6 is 15.9 Å². The van der Waals surface area contributed by atoms with Gasteiger partial charge in [-0.05, 0) is 40.2 Å². The maximum Gasteiger partial charge on any atom is 0.280 e. The molecule has 0 bridgehead atoms. The Morgan fingerprint density at radius 1 is 1.12 bits per heavy atom. The highest BCUT2D eigenvalue weighted by atomic mass is 79.9. The van der Waals surface area contributed by atoms with Gasteiger partial charge in [-0.25, -0.2) is 5.10 Å². The summed E-state index contributed by atoms with van der Waals surface area (Å²) in [7, 11) is 1.63. The zero-order chi connectivity index (χ0) is 17.6. The standard InChI is InChI=1S/C18H15BrN4O2/c1-25-14-9-7-13(8-10-14)17(12-5-3-2-4-6-12)22-21-15-11-20-23-18(24)16(15)19/h2-11H,1H3,(H2,21,23,24). The summed E-state index contributed by atoms with van der Waals surface area (Å²) in [5.41, 5.74) is 5.64. The first-order chi connectivity index (χ1) is 12.2. The average Bonchev–Trinajstić information content (AvgIpc) is 2.66. The topological polar surface area (TPSA) is 79.4 Å². The number of H-pyrrole nitrogens is 1. The molecule has 0 fully saturated rings. The molecule has 126 valence electrons. The van der Waals surface area contributed by atoms with Crippen molar-refractivity contribution in [3.63, 3.8) is 0 Å². The lowest BCUT2D eigenvalue weighted by molar-refractivity contribution is 0.415. The summed E-state index contributed by atoms with van der Waals surface area (Å²) in [5, 5.41) is 10.6. The van der Waals surface area contributed by atoms with Crippen LogP contribution in [-0.2, 0) is 0 Å². The number of ether oxygens (including phenoxy) is 1. The van der Waals surface area contributed by atoms with Crippen molar-refractivity contribution in [2.24, 2.45) is 5.10 Å². The smallest absolute Gasteiger partial charge is 0.280 e. The van der Waals surface area contributed by atoms with E-state index >= 15 is 0 Å². The highest BCUT2D eigenvalue weighted by Gasteiger charge is 2.09. The minimum Gasteiger partial charge on any atom is -0.497 e. The number of hydrogen-bond donors (Lipinski definition) is 2. The zero-order valence-electron chi connectivity index (χ0n) is 13.4. The Hall–Kier alpha value is -2.93. The number of aromatic amines is 1. The summed E-state index contributed by atoms with van der Waals surface area (Å²) in [6, 6.07) is 17.4. The first-order valence-electron chi connectivity index (χ1n) is 7.46. The number of halogens is 1. The van der Waals surface area contributed by atoms with Crippen molar-refractivity contribution >= 4 is 27.3 Å². The fourth-order valence-electron chi connectivity index (χ4n) is 2.22. The monoisotopic (exact) mass is 398 g/mol. The van der Waals surface area contributed by atoms with Crippen molar-refractivity contribution in [2.45, 2.75) is 0 Å². The lowest BCUT2D eigenvalue weighted by Gasteiger charge is -2.09. The van der Waals surface area contributed by atoms with Gasteiger partial charge >= 0.3 is 0 Å². The van der Waals surface area contributed by atoms with Crippen LogP contribution in [0.4, 0.5) is 5.69 Å². The Balaban J connectivity index is 2.01. The van der Waals surface area contributed by atoms with E-state index in [1.54, 1.807) is 7.11 Å². The second-order valence-corrected chi connectivity index (χ2v) is 5.89. The highest BCUT2D eigenvalue weighted by Crippen LogP contribution is 2.18. The van der Waals surface area contributed by atoms with E-state index in [1.807, 2.05) is 54.6 Å². The molecule has 2 aromatic carbocycles. The molecule has 0 unspecified atom stereocenters. The van der Waals surface area contributed by atoms with Gasteiger partial charge < -0.3 is 4.74 Å². The molecule has 3 aromatic rings. The van der Waals surface area contributed by atoms with Crippen LogP contribution in [0.25, 0.3) is 0 Å². The van der Waals surface area contributed by atoms with Crippen LogP contribution in [0.3, 0.4) is 0 Å². The van der Waals surface area contributed by atoms with Gasteiger partial charge in [0.25, 0.3) is 5.56 Å². The van der Waals surface area contributed by atoms with Gasteiger partial charge in [-0.2, -0.15) is 10.2 Å². The number of anilines is 1. The maximum absolute atomic E-state index is 11.6. The molecule has 25 heavy (non-hydrogen) atoms. The fourth-order valence-corrected chi connectivity index (χ4v) is 2.50. The number of benzene rings is 2. The van der Waals surface area contributed by atoms with E-state index in [2.05, 4.69) is 36.7 Å². The average molecular weight is 399 g/mol. The number of aromatic nitrogens is 2. The molecule has 0 radical (unpaired) electrons. The molecule has 2 N–H and O–H groups in total. The third kappa shape index (κ3) is 3.95. The predicted octanol–water partition coefficient (Wildman–Crippen LogP) is 3.41. The van der Waals surface area contributed by atoms with Gasteiger partial charge in [-0.1, -0.05) is 30.3 Å².